The van der Waals surface area contributed by atoms with Gasteiger partial charge in [0.25, 0.3) is 11.8 Å². The summed E-state index contributed by atoms with van der Waals surface area (Å²) in [4.78, 5) is 26.2. The summed E-state index contributed by atoms with van der Waals surface area (Å²) in [7, 11) is 3.89. The molecule has 0 aliphatic heterocycles. The number of benzene rings is 2. The van der Waals surface area contributed by atoms with Crippen molar-refractivity contribution in [3.05, 3.63) is 64.7 Å². The summed E-state index contributed by atoms with van der Waals surface area (Å²) in [5.41, 5.74) is 1.53. The minimum absolute atomic E-state index is 0.157. The average molecular weight is 346 g/mol. The first-order valence-electron chi connectivity index (χ1n) is 7.56. The van der Waals surface area contributed by atoms with Crippen molar-refractivity contribution in [2.75, 3.05) is 32.5 Å². The summed E-state index contributed by atoms with van der Waals surface area (Å²) in [6.45, 7) is 1.34. The number of amides is 2. The molecular weight excluding hydrogens is 326 g/mol. The summed E-state index contributed by atoms with van der Waals surface area (Å²) in [5, 5.41) is 6.05. The molecule has 2 N–H and O–H groups in total. The van der Waals surface area contributed by atoms with Gasteiger partial charge in [0.05, 0.1) is 10.7 Å². The smallest absolute Gasteiger partial charge is 0.255 e. The maximum Gasteiger partial charge on any atom is 0.255 e. The molecule has 2 rings (SSSR count). The molecule has 0 spiro atoms. The number of halogens is 1. The van der Waals surface area contributed by atoms with Crippen molar-refractivity contribution in [2.45, 2.75) is 0 Å². The molecule has 24 heavy (non-hydrogen) atoms. The van der Waals surface area contributed by atoms with E-state index in [4.69, 9.17) is 11.6 Å². The Morgan fingerprint density at radius 2 is 1.54 bits per heavy atom. The summed E-state index contributed by atoms with van der Waals surface area (Å²) in [6, 6.07) is 13.5. The SMILES string of the molecule is CN(C)CCNC(=O)c1ccc(C(=O)Nc2ccccc2Cl)cc1. The van der Waals surface area contributed by atoms with Gasteiger partial charge >= 0.3 is 0 Å². The number of hydrogen-bond donors (Lipinski definition) is 2. The van der Waals surface area contributed by atoms with Crippen molar-refractivity contribution in [1.82, 2.24) is 10.2 Å². The lowest BCUT2D eigenvalue weighted by Gasteiger charge is -2.11. The minimum atomic E-state index is -0.275. The Bertz CT molecular complexity index is 714. The van der Waals surface area contributed by atoms with Crippen LogP contribution in [-0.2, 0) is 0 Å². The van der Waals surface area contributed by atoms with Crippen LogP contribution in [0.15, 0.2) is 48.5 Å². The molecule has 0 atom stereocenters. The van der Waals surface area contributed by atoms with E-state index in [1.54, 1.807) is 48.5 Å². The van der Waals surface area contributed by atoms with Gasteiger partial charge in [0.15, 0.2) is 0 Å². The van der Waals surface area contributed by atoms with E-state index in [0.29, 0.717) is 28.4 Å². The van der Waals surface area contributed by atoms with Crippen molar-refractivity contribution in [2.24, 2.45) is 0 Å². The highest BCUT2D eigenvalue weighted by Gasteiger charge is 2.10. The highest BCUT2D eigenvalue weighted by molar-refractivity contribution is 6.33. The number of nitrogens with zero attached hydrogens (tertiary/aromatic N) is 1. The zero-order valence-electron chi connectivity index (χ0n) is 13.7. The van der Waals surface area contributed by atoms with Crippen LogP contribution in [0.4, 0.5) is 5.69 Å². The monoisotopic (exact) mass is 345 g/mol. The van der Waals surface area contributed by atoms with Crippen LogP contribution in [0.5, 0.6) is 0 Å². The number of carbonyl (C=O) groups is 2. The lowest BCUT2D eigenvalue weighted by molar-refractivity contribution is 0.0949. The number of likely N-dealkylation sites (N-methyl/N-ethyl adjacent to an activating group) is 1. The quantitative estimate of drug-likeness (QED) is 0.846. The van der Waals surface area contributed by atoms with E-state index in [9.17, 15) is 9.59 Å². The van der Waals surface area contributed by atoms with Crippen LogP contribution in [0.1, 0.15) is 20.7 Å². The fraction of sp³-hybridized carbons (Fsp3) is 0.222. The standard InChI is InChI=1S/C18H20ClN3O2/c1-22(2)12-11-20-17(23)13-7-9-14(10-8-13)18(24)21-16-6-4-3-5-15(16)19/h3-10H,11-12H2,1-2H3,(H,20,23)(H,21,24). The largest absolute Gasteiger partial charge is 0.351 e. The number of carbonyl (C=O) groups excluding carboxylic acids is 2. The van der Waals surface area contributed by atoms with Gasteiger partial charge in [0, 0.05) is 24.2 Å². The van der Waals surface area contributed by atoms with Gasteiger partial charge in [0.1, 0.15) is 0 Å². The van der Waals surface area contributed by atoms with Crippen LogP contribution >= 0.6 is 11.6 Å². The third kappa shape index (κ3) is 5.08. The van der Waals surface area contributed by atoms with E-state index >= 15 is 0 Å². The molecule has 0 fully saturated rings. The minimum Gasteiger partial charge on any atom is -0.351 e. The van der Waals surface area contributed by atoms with Crippen LogP contribution in [0.3, 0.4) is 0 Å². The Labute approximate surface area is 146 Å². The molecule has 0 aliphatic carbocycles. The lowest BCUT2D eigenvalue weighted by Crippen LogP contribution is -2.31. The van der Waals surface area contributed by atoms with Crippen LogP contribution in [0, 0.1) is 0 Å². The zero-order valence-corrected chi connectivity index (χ0v) is 14.4. The average Bonchev–Trinajstić information content (AvgIpc) is 2.56. The zero-order chi connectivity index (χ0) is 17.5. The molecule has 0 unspecified atom stereocenters. The van der Waals surface area contributed by atoms with Gasteiger partial charge < -0.3 is 15.5 Å². The number of anilines is 1. The third-order valence-electron chi connectivity index (χ3n) is 3.38. The van der Waals surface area contributed by atoms with Crippen molar-refractivity contribution in [3.8, 4) is 0 Å². The fourth-order valence-corrected chi connectivity index (χ4v) is 2.21. The molecule has 0 bridgehead atoms. The van der Waals surface area contributed by atoms with E-state index in [0.717, 1.165) is 6.54 Å². The molecule has 126 valence electrons. The second-order valence-electron chi connectivity index (χ2n) is 5.57. The van der Waals surface area contributed by atoms with Gasteiger partial charge in [0.2, 0.25) is 0 Å². The van der Waals surface area contributed by atoms with Gasteiger partial charge in [-0.2, -0.15) is 0 Å². The Morgan fingerprint density at radius 3 is 2.12 bits per heavy atom. The van der Waals surface area contributed by atoms with Gasteiger partial charge in [-0.05, 0) is 50.5 Å². The van der Waals surface area contributed by atoms with Crippen molar-refractivity contribution in [1.29, 1.82) is 0 Å². The van der Waals surface area contributed by atoms with Gasteiger partial charge in [-0.15, -0.1) is 0 Å². The Hall–Kier alpha value is -2.37. The normalized spacial score (nSPS) is 10.5. The molecule has 2 amide bonds. The van der Waals surface area contributed by atoms with E-state index in [1.165, 1.54) is 0 Å². The van der Waals surface area contributed by atoms with Gasteiger partial charge in [-0.1, -0.05) is 23.7 Å². The fourth-order valence-electron chi connectivity index (χ4n) is 2.03. The summed E-state index contributed by atoms with van der Waals surface area (Å²) < 4.78 is 0. The topological polar surface area (TPSA) is 61.4 Å². The van der Waals surface area contributed by atoms with Gasteiger partial charge in [-0.3, -0.25) is 9.59 Å². The van der Waals surface area contributed by atoms with E-state index in [-0.39, 0.29) is 11.8 Å². The summed E-state index contributed by atoms with van der Waals surface area (Å²) >= 11 is 6.02. The maximum atomic E-state index is 12.2. The van der Waals surface area contributed by atoms with Crippen molar-refractivity contribution >= 4 is 29.1 Å². The number of hydrogen-bond acceptors (Lipinski definition) is 3. The molecular formula is C18H20ClN3O2. The molecule has 0 aliphatic rings. The van der Waals surface area contributed by atoms with Crippen LogP contribution in [-0.4, -0.2) is 43.9 Å². The number of rotatable bonds is 6. The predicted octanol–water partition coefficient (Wildman–Crippen LogP) is 2.88. The molecule has 2 aromatic rings. The summed E-state index contributed by atoms with van der Waals surface area (Å²) in [5.74, 6) is -0.433. The summed E-state index contributed by atoms with van der Waals surface area (Å²) in [6.07, 6.45) is 0. The molecule has 0 heterocycles. The molecule has 2 aromatic carbocycles. The third-order valence-corrected chi connectivity index (χ3v) is 3.71. The predicted molar refractivity (Wildman–Crippen MR) is 96.7 cm³/mol. The Balaban J connectivity index is 1.97. The Kier molecular flexibility index (Phi) is 6.35. The highest BCUT2D eigenvalue weighted by atomic mass is 35.5. The molecule has 0 saturated carbocycles. The lowest BCUT2D eigenvalue weighted by atomic mass is 10.1. The number of nitrogens with one attached hydrogen (secondary N) is 2. The highest BCUT2D eigenvalue weighted by Crippen LogP contribution is 2.21. The molecule has 6 heteroatoms. The van der Waals surface area contributed by atoms with Crippen LogP contribution < -0.4 is 10.6 Å². The number of para-hydroxylation sites is 1. The van der Waals surface area contributed by atoms with Gasteiger partial charge in [-0.25, -0.2) is 0 Å². The second kappa shape index (κ2) is 8.47. The van der Waals surface area contributed by atoms with Crippen molar-refractivity contribution in [3.63, 3.8) is 0 Å². The molecule has 0 aromatic heterocycles. The first-order valence-corrected chi connectivity index (χ1v) is 7.94. The second-order valence-corrected chi connectivity index (χ2v) is 5.98. The van der Waals surface area contributed by atoms with E-state index in [1.807, 2.05) is 19.0 Å². The first-order chi connectivity index (χ1) is 11.5. The first kappa shape index (κ1) is 18.0. The van der Waals surface area contributed by atoms with E-state index in [2.05, 4.69) is 10.6 Å². The Morgan fingerprint density at radius 1 is 0.958 bits per heavy atom. The van der Waals surface area contributed by atoms with Crippen LogP contribution in [0.25, 0.3) is 0 Å². The maximum absolute atomic E-state index is 12.2. The molecule has 0 saturated heterocycles. The molecule has 5 nitrogen and oxygen atoms in total. The van der Waals surface area contributed by atoms with Crippen molar-refractivity contribution < 1.29 is 9.59 Å². The van der Waals surface area contributed by atoms with E-state index < -0.39 is 0 Å². The van der Waals surface area contributed by atoms with Crippen LogP contribution in [0.2, 0.25) is 5.02 Å². The molecule has 0 radical (unpaired) electrons.